The van der Waals surface area contributed by atoms with Crippen molar-refractivity contribution in [1.29, 1.82) is 0 Å². The third-order valence-electron chi connectivity index (χ3n) is 2.21. The number of amides is 2. The van der Waals surface area contributed by atoms with Crippen LogP contribution in [-0.2, 0) is 9.59 Å². The summed E-state index contributed by atoms with van der Waals surface area (Å²) >= 11 is 1.34. The first-order valence-corrected chi connectivity index (χ1v) is 5.63. The lowest BCUT2D eigenvalue weighted by atomic mass is 10.2. The molecular weight excluding hydrogens is 216 g/mol. The number of hydrogen-bond donors (Lipinski definition) is 1. The van der Waals surface area contributed by atoms with Crippen LogP contribution in [0.2, 0.25) is 0 Å². The van der Waals surface area contributed by atoms with E-state index in [1.165, 1.54) is 23.0 Å². The van der Waals surface area contributed by atoms with E-state index in [4.69, 9.17) is 0 Å². The number of carbonyl (C=O) groups excluding carboxylic acids is 2. The van der Waals surface area contributed by atoms with Gasteiger partial charge in [-0.05, 0) is 6.92 Å². The standard InChI is InChI=1S/C8H10N4O2S/c1-5(8-9-4-10-11-8)12-6(13)2-15-3-7(12)14/h4-5H,2-3H2,1H3,(H,9,10,11). The zero-order chi connectivity index (χ0) is 10.8. The van der Waals surface area contributed by atoms with E-state index >= 15 is 0 Å². The molecule has 80 valence electrons. The SMILES string of the molecule is CC(c1ncn[nH]1)N1C(=O)CSCC1=O. The van der Waals surface area contributed by atoms with Crippen molar-refractivity contribution in [2.75, 3.05) is 11.5 Å². The molecule has 0 aromatic carbocycles. The molecule has 1 aromatic rings. The number of nitrogens with zero attached hydrogens (tertiary/aromatic N) is 3. The molecule has 2 amide bonds. The Hall–Kier alpha value is -1.37. The molecule has 1 aliphatic rings. The molecule has 0 saturated carbocycles. The Morgan fingerprint density at radius 1 is 1.47 bits per heavy atom. The molecule has 1 N–H and O–H groups in total. The topological polar surface area (TPSA) is 79.0 Å². The molecule has 1 aliphatic heterocycles. The molecule has 1 fully saturated rings. The van der Waals surface area contributed by atoms with Gasteiger partial charge in [-0.3, -0.25) is 19.6 Å². The first-order valence-electron chi connectivity index (χ1n) is 4.48. The number of H-pyrrole nitrogens is 1. The maximum absolute atomic E-state index is 11.6. The van der Waals surface area contributed by atoms with E-state index in [0.29, 0.717) is 17.3 Å². The summed E-state index contributed by atoms with van der Waals surface area (Å²) in [7, 11) is 0. The predicted octanol–water partition coefficient (Wildman–Crippen LogP) is -0.0323. The highest BCUT2D eigenvalue weighted by Crippen LogP contribution is 2.22. The van der Waals surface area contributed by atoms with E-state index in [1.807, 2.05) is 0 Å². The van der Waals surface area contributed by atoms with Gasteiger partial charge in [0.2, 0.25) is 11.8 Å². The number of thioether (sulfide) groups is 1. The van der Waals surface area contributed by atoms with E-state index in [2.05, 4.69) is 15.2 Å². The summed E-state index contributed by atoms with van der Waals surface area (Å²) in [5.74, 6) is 0.901. The van der Waals surface area contributed by atoms with E-state index in [-0.39, 0.29) is 17.9 Å². The van der Waals surface area contributed by atoms with E-state index in [0.717, 1.165) is 0 Å². The highest BCUT2D eigenvalue weighted by atomic mass is 32.2. The van der Waals surface area contributed by atoms with E-state index in [9.17, 15) is 9.59 Å². The van der Waals surface area contributed by atoms with Crippen LogP contribution in [0.15, 0.2) is 6.33 Å². The zero-order valence-corrected chi connectivity index (χ0v) is 8.95. The summed E-state index contributed by atoms with van der Waals surface area (Å²) in [4.78, 5) is 28.3. The smallest absolute Gasteiger partial charge is 0.239 e. The number of aromatic nitrogens is 3. The van der Waals surface area contributed by atoms with Crippen LogP contribution >= 0.6 is 11.8 Å². The Labute approximate surface area is 90.4 Å². The molecule has 7 heteroatoms. The minimum atomic E-state index is -0.367. The summed E-state index contributed by atoms with van der Waals surface area (Å²) < 4.78 is 0. The van der Waals surface area contributed by atoms with Gasteiger partial charge in [0.05, 0.1) is 17.5 Å². The van der Waals surface area contributed by atoms with Gasteiger partial charge >= 0.3 is 0 Å². The monoisotopic (exact) mass is 226 g/mol. The highest BCUT2D eigenvalue weighted by molar-refractivity contribution is 8.00. The number of hydrogen-bond acceptors (Lipinski definition) is 5. The molecule has 2 heterocycles. The summed E-state index contributed by atoms with van der Waals surface area (Å²) in [5.41, 5.74) is 0. The summed E-state index contributed by atoms with van der Waals surface area (Å²) in [6.07, 6.45) is 1.36. The van der Waals surface area contributed by atoms with Gasteiger partial charge in [-0.25, -0.2) is 4.98 Å². The van der Waals surface area contributed by atoms with Crippen LogP contribution < -0.4 is 0 Å². The average molecular weight is 226 g/mol. The maximum Gasteiger partial charge on any atom is 0.239 e. The molecular formula is C8H10N4O2S. The first-order chi connectivity index (χ1) is 7.20. The molecule has 1 atom stereocenters. The minimum Gasteiger partial charge on any atom is -0.273 e. The van der Waals surface area contributed by atoms with Gasteiger partial charge in [0.25, 0.3) is 0 Å². The number of nitrogens with one attached hydrogen (secondary N) is 1. The normalized spacial score (nSPS) is 19.4. The fraction of sp³-hybridized carbons (Fsp3) is 0.500. The van der Waals surface area contributed by atoms with Crippen molar-refractivity contribution in [3.8, 4) is 0 Å². The van der Waals surface area contributed by atoms with E-state index in [1.54, 1.807) is 6.92 Å². The van der Waals surface area contributed by atoms with E-state index < -0.39 is 0 Å². The number of imide groups is 1. The molecule has 0 aliphatic carbocycles. The lowest BCUT2D eigenvalue weighted by Gasteiger charge is -2.28. The number of rotatable bonds is 2. The van der Waals surface area contributed by atoms with Gasteiger partial charge in [-0.1, -0.05) is 0 Å². The van der Waals surface area contributed by atoms with Crippen LogP contribution in [0.25, 0.3) is 0 Å². The molecule has 6 nitrogen and oxygen atoms in total. The van der Waals surface area contributed by atoms with Crippen molar-refractivity contribution in [3.63, 3.8) is 0 Å². The molecule has 0 radical (unpaired) electrons. The Morgan fingerprint density at radius 3 is 2.67 bits per heavy atom. The van der Waals surface area contributed by atoms with Crippen LogP contribution in [0.5, 0.6) is 0 Å². The molecule has 1 unspecified atom stereocenters. The van der Waals surface area contributed by atoms with Crippen LogP contribution in [0.4, 0.5) is 0 Å². The summed E-state index contributed by atoms with van der Waals surface area (Å²) in [6.45, 7) is 1.76. The molecule has 1 aromatic heterocycles. The van der Waals surface area contributed by atoms with Crippen molar-refractivity contribution in [1.82, 2.24) is 20.1 Å². The third kappa shape index (κ3) is 1.87. The highest BCUT2D eigenvalue weighted by Gasteiger charge is 2.32. The Balaban J connectivity index is 2.21. The second-order valence-corrected chi connectivity index (χ2v) is 4.18. The molecule has 1 saturated heterocycles. The minimum absolute atomic E-state index is 0.167. The predicted molar refractivity (Wildman–Crippen MR) is 54.0 cm³/mol. The third-order valence-corrected chi connectivity index (χ3v) is 3.11. The van der Waals surface area contributed by atoms with Gasteiger partial charge in [0.15, 0.2) is 0 Å². The second kappa shape index (κ2) is 4.01. The fourth-order valence-electron chi connectivity index (χ4n) is 1.47. The first kappa shape index (κ1) is 10.2. The van der Waals surface area contributed by atoms with Crippen molar-refractivity contribution in [2.45, 2.75) is 13.0 Å². The van der Waals surface area contributed by atoms with Crippen molar-refractivity contribution < 1.29 is 9.59 Å². The zero-order valence-electron chi connectivity index (χ0n) is 8.14. The van der Waals surface area contributed by atoms with Gasteiger partial charge in [0.1, 0.15) is 12.2 Å². The summed E-state index contributed by atoms with van der Waals surface area (Å²) in [5, 5.41) is 6.36. The molecule has 0 spiro atoms. The lowest BCUT2D eigenvalue weighted by Crippen LogP contribution is -2.44. The van der Waals surface area contributed by atoms with Crippen molar-refractivity contribution >= 4 is 23.6 Å². The van der Waals surface area contributed by atoms with Gasteiger partial charge in [0, 0.05) is 0 Å². The molecule has 2 rings (SSSR count). The van der Waals surface area contributed by atoms with Crippen LogP contribution in [-0.4, -0.2) is 43.4 Å². The molecule has 15 heavy (non-hydrogen) atoms. The Kier molecular flexibility index (Phi) is 2.72. The average Bonchev–Trinajstić information content (AvgIpc) is 2.69. The van der Waals surface area contributed by atoms with Crippen molar-refractivity contribution in [2.24, 2.45) is 0 Å². The van der Waals surface area contributed by atoms with Gasteiger partial charge < -0.3 is 0 Å². The van der Waals surface area contributed by atoms with Crippen LogP contribution in [0.1, 0.15) is 18.8 Å². The Bertz CT molecular complexity index is 362. The fourth-order valence-corrected chi connectivity index (χ4v) is 2.20. The van der Waals surface area contributed by atoms with Crippen LogP contribution in [0.3, 0.4) is 0 Å². The second-order valence-electron chi connectivity index (χ2n) is 3.20. The Morgan fingerprint density at radius 2 is 2.13 bits per heavy atom. The maximum atomic E-state index is 11.6. The number of carbonyl (C=O) groups is 2. The van der Waals surface area contributed by atoms with Crippen LogP contribution in [0, 0.1) is 0 Å². The van der Waals surface area contributed by atoms with Gasteiger partial charge in [-0.2, -0.15) is 5.10 Å². The van der Waals surface area contributed by atoms with Crippen molar-refractivity contribution in [3.05, 3.63) is 12.2 Å². The lowest BCUT2D eigenvalue weighted by molar-refractivity contribution is -0.144. The molecule has 0 bridgehead atoms. The van der Waals surface area contributed by atoms with Gasteiger partial charge in [-0.15, -0.1) is 11.8 Å². The quantitative estimate of drug-likeness (QED) is 0.716. The summed E-state index contributed by atoms with van der Waals surface area (Å²) in [6, 6.07) is -0.367. The largest absolute Gasteiger partial charge is 0.273 e. The number of aromatic amines is 1.